The maximum absolute atomic E-state index is 11.7. The van der Waals surface area contributed by atoms with Gasteiger partial charge < -0.3 is 4.42 Å². The van der Waals surface area contributed by atoms with Crippen LogP contribution in [0.1, 0.15) is 21.8 Å². The first-order chi connectivity index (χ1) is 6.77. The first-order valence-corrected chi connectivity index (χ1v) is 4.28. The van der Waals surface area contributed by atoms with Crippen LogP contribution in [0.2, 0.25) is 0 Å². The molecule has 0 saturated carbocycles. The van der Waals surface area contributed by atoms with Gasteiger partial charge in [0, 0.05) is 5.56 Å². The molecule has 0 aliphatic carbocycles. The van der Waals surface area contributed by atoms with Crippen molar-refractivity contribution in [3.8, 4) is 0 Å². The maximum atomic E-state index is 11.7. The molecule has 0 saturated heterocycles. The van der Waals surface area contributed by atoms with Crippen LogP contribution in [0.25, 0.3) is 0 Å². The highest BCUT2D eigenvalue weighted by molar-refractivity contribution is 6.05. The summed E-state index contributed by atoms with van der Waals surface area (Å²) in [6.07, 6.45) is 2.85. The summed E-state index contributed by atoms with van der Waals surface area (Å²) in [7, 11) is 0. The zero-order valence-corrected chi connectivity index (χ0v) is 7.73. The smallest absolute Gasteiger partial charge is 0.268 e. The van der Waals surface area contributed by atoms with Crippen LogP contribution in [0.5, 0.6) is 0 Å². The van der Waals surface area contributed by atoms with E-state index in [1.54, 1.807) is 6.07 Å². The molecule has 1 heterocycles. The number of hydrogen-bond acceptors (Lipinski definition) is 3. The molecule has 2 rings (SSSR count). The van der Waals surface area contributed by atoms with Gasteiger partial charge in [0.25, 0.3) is 5.89 Å². The average Bonchev–Trinajstić information content (AvgIpc) is 2.69. The molecule has 70 valence electrons. The van der Waals surface area contributed by atoms with E-state index in [4.69, 9.17) is 4.42 Å². The zero-order chi connectivity index (χ0) is 9.97. The summed E-state index contributed by atoms with van der Waals surface area (Å²) in [5.41, 5.74) is 1.65. The van der Waals surface area contributed by atoms with Crippen molar-refractivity contribution in [1.82, 2.24) is 4.98 Å². The summed E-state index contributed by atoms with van der Waals surface area (Å²) in [6, 6.07) is 7.34. The Morgan fingerprint density at radius 3 is 2.93 bits per heavy atom. The fourth-order valence-corrected chi connectivity index (χ4v) is 1.25. The molecule has 0 N–H and O–H groups in total. The van der Waals surface area contributed by atoms with Crippen LogP contribution in [0, 0.1) is 6.92 Å². The second-order valence-electron chi connectivity index (χ2n) is 3.04. The topological polar surface area (TPSA) is 43.1 Å². The lowest BCUT2D eigenvalue weighted by Crippen LogP contribution is -2.01. The number of benzene rings is 1. The monoisotopic (exact) mass is 187 g/mol. The number of nitrogens with zero attached hydrogens (tertiary/aromatic N) is 1. The molecule has 0 aliphatic rings. The third kappa shape index (κ3) is 1.57. The number of carbonyl (C=O) groups excluding carboxylic acids is 1. The molecular weight excluding hydrogens is 178 g/mol. The lowest BCUT2D eigenvalue weighted by Gasteiger charge is -1.97. The van der Waals surface area contributed by atoms with E-state index in [0.717, 1.165) is 5.56 Å². The van der Waals surface area contributed by atoms with Gasteiger partial charge in [0.15, 0.2) is 0 Å². The molecule has 0 spiro atoms. The van der Waals surface area contributed by atoms with Crippen LogP contribution in [-0.4, -0.2) is 10.8 Å². The molecule has 0 aliphatic heterocycles. The van der Waals surface area contributed by atoms with Crippen molar-refractivity contribution in [1.29, 1.82) is 0 Å². The molecule has 0 radical (unpaired) electrons. The van der Waals surface area contributed by atoms with Crippen LogP contribution >= 0.6 is 0 Å². The largest absolute Gasteiger partial charge is 0.442 e. The quantitative estimate of drug-likeness (QED) is 0.677. The number of oxazole rings is 1. The molecule has 3 nitrogen and oxygen atoms in total. The van der Waals surface area contributed by atoms with Crippen LogP contribution in [0.15, 0.2) is 41.1 Å². The van der Waals surface area contributed by atoms with Crippen LogP contribution in [0.3, 0.4) is 0 Å². The SMILES string of the molecule is Cc1cccc(C(=O)c2ncco2)c1. The van der Waals surface area contributed by atoms with Gasteiger partial charge >= 0.3 is 0 Å². The number of hydrogen-bond donors (Lipinski definition) is 0. The summed E-state index contributed by atoms with van der Waals surface area (Å²) >= 11 is 0. The number of carbonyl (C=O) groups is 1. The first-order valence-electron chi connectivity index (χ1n) is 4.28. The van der Waals surface area contributed by atoms with E-state index in [2.05, 4.69) is 4.98 Å². The van der Waals surface area contributed by atoms with Crippen molar-refractivity contribution >= 4 is 5.78 Å². The minimum Gasteiger partial charge on any atom is -0.442 e. The number of ketones is 1. The molecule has 3 heteroatoms. The highest BCUT2D eigenvalue weighted by atomic mass is 16.3. The Balaban J connectivity index is 2.37. The molecule has 0 unspecified atom stereocenters. The lowest BCUT2D eigenvalue weighted by molar-refractivity contribution is 0.100. The first kappa shape index (κ1) is 8.69. The Kier molecular flexibility index (Phi) is 2.14. The van der Waals surface area contributed by atoms with E-state index in [1.165, 1.54) is 12.5 Å². The summed E-state index contributed by atoms with van der Waals surface area (Å²) in [5.74, 6) is -0.0469. The van der Waals surface area contributed by atoms with E-state index in [9.17, 15) is 4.79 Å². The van der Waals surface area contributed by atoms with Crippen molar-refractivity contribution < 1.29 is 9.21 Å². The zero-order valence-electron chi connectivity index (χ0n) is 7.73. The van der Waals surface area contributed by atoms with Gasteiger partial charge in [-0.25, -0.2) is 4.98 Å². The standard InChI is InChI=1S/C11H9NO2/c1-8-3-2-4-9(7-8)10(13)11-12-5-6-14-11/h2-7H,1H3. The van der Waals surface area contributed by atoms with Crippen molar-refractivity contribution in [2.24, 2.45) is 0 Å². The Morgan fingerprint density at radius 1 is 1.43 bits per heavy atom. The van der Waals surface area contributed by atoms with Crippen LogP contribution < -0.4 is 0 Å². The van der Waals surface area contributed by atoms with Gasteiger partial charge in [-0.15, -0.1) is 0 Å². The molecular formula is C11H9NO2. The second kappa shape index (κ2) is 3.46. The van der Waals surface area contributed by atoms with Gasteiger partial charge in [-0.3, -0.25) is 4.79 Å². The Hall–Kier alpha value is -1.90. The van der Waals surface area contributed by atoms with E-state index < -0.39 is 0 Å². The highest BCUT2D eigenvalue weighted by Crippen LogP contribution is 2.09. The summed E-state index contributed by atoms with van der Waals surface area (Å²) < 4.78 is 4.93. The highest BCUT2D eigenvalue weighted by Gasteiger charge is 2.12. The van der Waals surface area contributed by atoms with E-state index in [1.807, 2.05) is 25.1 Å². The fraction of sp³-hybridized carbons (Fsp3) is 0.0909. The van der Waals surface area contributed by atoms with Crippen LogP contribution in [0.4, 0.5) is 0 Å². The molecule has 14 heavy (non-hydrogen) atoms. The minimum atomic E-state index is -0.182. The molecule has 0 amide bonds. The number of rotatable bonds is 2. The summed E-state index contributed by atoms with van der Waals surface area (Å²) in [5, 5.41) is 0. The van der Waals surface area contributed by atoms with E-state index in [0.29, 0.717) is 5.56 Å². The predicted molar refractivity (Wildman–Crippen MR) is 51.1 cm³/mol. The molecule has 0 bridgehead atoms. The normalized spacial score (nSPS) is 10.1. The van der Waals surface area contributed by atoms with Gasteiger partial charge in [0.2, 0.25) is 5.78 Å². The number of aromatic nitrogens is 1. The van der Waals surface area contributed by atoms with Gasteiger partial charge in [-0.1, -0.05) is 23.8 Å². The number of aryl methyl sites for hydroxylation is 1. The third-order valence-corrected chi connectivity index (χ3v) is 1.91. The minimum absolute atomic E-state index is 0.135. The van der Waals surface area contributed by atoms with Crippen molar-refractivity contribution in [2.75, 3.05) is 0 Å². The van der Waals surface area contributed by atoms with E-state index >= 15 is 0 Å². The molecule has 0 fully saturated rings. The average molecular weight is 187 g/mol. The molecule has 1 aromatic carbocycles. The Labute approximate surface area is 81.4 Å². The van der Waals surface area contributed by atoms with Crippen molar-refractivity contribution in [3.05, 3.63) is 53.7 Å². The van der Waals surface area contributed by atoms with Gasteiger partial charge in [0.1, 0.15) is 6.26 Å². The van der Waals surface area contributed by atoms with Crippen molar-refractivity contribution in [2.45, 2.75) is 6.92 Å². The summed E-state index contributed by atoms with van der Waals surface area (Å²) in [6.45, 7) is 1.94. The third-order valence-electron chi connectivity index (χ3n) is 1.91. The van der Waals surface area contributed by atoms with Gasteiger partial charge in [-0.2, -0.15) is 0 Å². The Morgan fingerprint density at radius 2 is 2.29 bits per heavy atom. The molecule has 0 atom stereocenters. The van der Waals surface area contributed by atoms with Crippen LogP contribution in [-0.2, 0) is 0 Å². The van der Waals surface area contributed by atoms with E-state index in [-0.39, 0.29) is 11.7 Å². The lowest BCUT2D eigenvalue weighted by atomic mass is 10.1. The van der Waals surface area contributed by atoms with Gasteiger partial charge in [0.05, 0.1) is 6.20 Å². The predicted octanol–water partition coefficient (Wildman–Crippen LogP) is 2.21. The maximum Gasteiger partial charge on any atom is 0.268 e. The molecule has 1 aromatic heterocycles. The van der Waals surface area contributed by atoms with Gasteiger partial charge in [-0.05, 0) is 13.0 Å². The summed E-state index contributed by atoms with van der Waals surface area (Å²) in [4.78, 5) is 15.5. The Bertz CT molecular complexity index is 446. The molecule has 2 aromatic rings. The second-order valence-corrected chi connectivity index (χ2v) is 3.04. The fourth-order valence-electron chi connectivity index (χ4n) is 1.25. The van der Waals surface area contributed by atoms with Crippen molar-refractivity contribution in [3.63, 3.8) is 0 Å².